The van der Waals surface area contributed by atoms with Crippen LogP contribution in [0, 0.1) is 11.8 Å². The van der Waals surface area contributed by atoms with Gasteiger partial charge in [-0.1, -0.05) is 45.6 Å². The van der Waals surface area contributed by atoms with Crippen molar-refractivity contribution < 1.29 is 136 Å². The summed E-state index contributed by atoms with van der Waals surface area (Å²) in [5.74, 6) is -6.14. The SMILES string of the molecule is C=CCC(C(=O)[O-])(C(CC(CC)CCCC)C(=O)[O-])S(=O)(=O)O.[K+].[K+]. The summed E-state index contributed by atoms with van der Waals surface area (Å²) in [5.41, 5.74) is 0. The number of aliphatic carboxylic acids is 2. The number of rotatable bonds is 12. The van der Waals surface area contributed by atoms with E-state index >= 15 is 0 Å². The van der Waals surface area contributed by atoms with Crippen LogP contribution in [0.3, 0.4) is 0 Å². The second kappa shape index (κ2) is 14.8. The van der Waals surface area contributed by atoms with E-state index in [1.165, 1.54) is 0 Å². The van der Waals surface area contributed by atoms with Crippen LogP contribution in [0.1, 0.15) is 52.4 Å². The number of carbonyl (C=O) groups excluding carboxylic acids is 2. The van der Waals surface area contributed by atoms with E-state index in [0.29, 0.717) is 12.8 Å². The first kappa shape index (κ1) is 31.6. The summed E-state index contributed by atoms with van der Waals surface area (Å²) in [6, 6.07) is 0. The second-order valence-electron chi connectivity index (χ2n) is 5.67. The van der Waals surface area contributed by atoms with Crippen molar-refractivity contribution in [3.8, 4) is 0 Å². The van der Waals surface area contributed by atoms with Crippen molar-refractivity contribution in [2.45, 2.75) is 57.1 Å². The fraction of sp³-hybridized carbons (Fsp3) is 0.733. The quantitative estimate of drug-likeness (QED) is 0.186. The molecule has 0 bridgehead atoms. The average molecular weight is 427 g/mol. The van der Waals surface area contributed by atoms with E-state index in [1.54, 1.807) is 6.92 Å². The van der Waals surface area contributed by atoms with Gasteiger partial charge in [0, 0.05) is 11.9 Å². The van der Waals surface area contributed by atoms with Gasteiger partial charge in [0.15, 0.2) is 0 Å². The smallest absolute Gasteiger partial charge is 0.550 e. The number of unbranched alkanes of at least 4 members (excludes halogenated alkanes) is 1. The molecule has 0 aliphatic rings. The molecule has 0 heterocycles. The molecule has 0 spiro atoms. The Morgan fingerprint density at radius 3 is 2.04 bits per heavy atom. The van der Waals surface area contributed by atoms with Gasteiger partial charge >= 0.3 is 103 Å². The largest absolute Gasteiger partial charge is 1.00 e. The predicted molar refractivity (Wildman–Crippen MR) is 80.5 cm³/mol. The zero-order valence-electron chi connectivity index (χ0n) is 15.5. The van der Waals surface area contributed by atoms with E-state index in [9.17, 15) is 32.8 Å². The summed E-state index contributed by atoms with van der Waals surface area (Å²) < 4.78 is 29.9. The average Bonchev–Trinajstić information content (AvgIpc) is 2.43. The van der Waals surface area contributed by atoms with Crippen LogP contribution in [0.2, 0.25) is 0 Å². The monoisotopic (exact) mass is 426 g/mol. The molecule has 3 atom stereocenters. The van der Waals surface area contributed by atoms with E-state index in [4.69, 9.17) is 0 Å². The Hall–Kier alpha value is 1.86. The minimum atomic E-state index is -5.26. The summed E-state index contributed by atoms with van der Waals surface area (Å²) in [4.78, 5) is 23.0. The van der Waals surface area contributed by atoms with Crippen LogP contribution < -0.4 is 113 Å². The van der Waals surface area contributed by atoms with Gasteiger partial charge in [-0.25, -0.2) is 0 Å². The number of carboxylic acids is 2. The van der Waals surface area contributed by atoms with Crippen molar-refractivity contribution >= 4 is 22.1 Å². The standard InChI is InChI=1S/C15H26O7S.2K/c1-4-7-8-11(6-3)10-12(13(16)17)15(9-5-2,14(18)19)23(20,21)22;;/h5,11-12H,2,4,6-10H2,1,3H3,(H,16,17)(H,18,19)(H,20,21,22);;/q;2*+1/p-2. The van der Waals surface area contributed by atoms with Crippen molar-refractivity contribution in [2.24, 2.45) is 11.8 Å². The minimum Gasteiger partial charge on any atom is -0.550 e. The fourth-order valence-corrected chi connectivity index (χ4v) is 3.86. The maximum atomic E-state index is 11.7. The van der Waals surface area contributed by atoms with Crippen molar-refractivity contribution in [2.75, 3.05) is 0 Å². The van der Waals surface area contributed by atoms with Crippen LogP contribution in [0.5, 0.6) is 0 Å². The number of carbonyl (C=O) groups is 2. The molecule has 0 radical (unpaired) electrons. The van der Waals surface area contributed by atoms with Crippen LogP contribution in [-0.4, -0.2) is 29.7 Å². The van der Waals surface area contributed by atoms with Gasteiger partial charge in [-0.3, -0.25) is 4.55 Å². The minimum absolute atomic E-state index is 0. The van der Waals surface area contributed by atoms with Crippen molar-refractivity contribution in [1.29, 1.82) is 0 Å². The predicted octanol–water partition coefficient (Wildman–Crippen LogP) is -6.08. The number of hydrogen-bond donors (Lipinski definition) is 1. The van der Waals surface area contributed by atoms with Gasteiger partial charge in [0.25, 0.3) is 10.1 Å². The van der Waals surface area contributed by atoms with Gasteiger partial charge in [-0.15, -0.1) is 6.58 Å². The fourth-order valence-electron chi connectivity index (χ4n) is 2.76. The second-order valence-corrected chi connectivity index (χ2v) is 7.35. The zero-order chi connectivity index (χ0) is 18.3. The van der Waals surface area contributed by atoms with Crippen molar-refractivity contribution in [3.05, 3.63) is 12.7 Å². The first-order valence-corrected chi connectivity index (χ1v) is 9.02. The zero-order valence-corrected chi connectivity index (χ0v) is 22.5. The molecule has 0 fully saturated rings. The molecule has 3 unspecified atom stereocenters. The summed E-state index contributed by atoms with van der Waals surface area (Å²) in [6.07, 6.45) is 2.75. The Bertz CT molecular complexity index is 536. The molecule has 0 saturated heterocycles. The van der Waals surface area contributed by atoms with Crippen LogP contribution in [0.4, 0.5) is 0 Å². The van der Waals surface area contributed by atoms with Crippen molar-refractivity contribution in [1.82, 2.24) is 0 Å². The molecule has 7 nitrogen and oxygen atoms in total. The number of allylic oxidation sites excluding steroid dienone is 1. The van der Waals surface area contributed by atoms with Crippen LogP contribution in [0.15, 0.2) is 12.7 Å². The van der Waals surface area contributed by atoms with E-state index in [1.807, 2.05) is 6.92 Å². The van der Waals surface area contributed by atoms with Gasteiger partial charge in [-0.2, -0.15) is 8.42 Å². The van der Waals surface area contributed by atoms with Crippen LogP contribution in [-0.2, 0) is 19.7 Å². The molecule has 0 aromatic carbocycles. The van der Waals surface area contributed by atoms with E-state index in [2.05, 4.69) is 6.58 Å². The normalized spacial score (nSPS) is 15.6. The topological polar surface area (TPSA) is 135 Å². The first-order chi connectivity index (χ1) is 10.6. The molecule has 0 rings (SSSR count). The molecule has 10 heteroatoms. The van der Waals surface area contributed by atoms with Gasteiger partial charge < -0.3 is 19.8 Å². The third-order valence-electron chi connectivity index (χ3n) is 4.21. The van der Waals surface area contributed by atoms with E-state index in [-0.39, 0.29) is 115 Å². The number of hydrogen-bond acceptors (Lipinski definition) is 6. The molecule has 134 valence electrons. The summed E-state index contributed by atoms with van der Waals surface area (Å²) in [7, 11) is -5.26. The van der Waals surface area contributed by atoms with Gasteiger partial charge in [0.05, 0.1) is 5.97 Å². The van der Waals surface area contributed by atoms with E-state index in [0.717, 1.165) is 18.9 Å². The number of carboxylic acid groups (broad SMARTS) is 2. The molecular formula is C15H24K2O7S. The van der Waals surface area contributed by atoms with Gasteiger partial charge in [0.2, 0.25) is 0 Å². The molecule has 0 saturated carbocycles. The third-order valence-corrected chi connectivity index (χ3v) is 5.75. The third kappa shape index (κ3) is 8.82. The van der Waals surface area contributed by atoms with Crippen molar-refractivity contribution in [3.63, 3.8) is 0 Å². The molecule has 0 amide bonds. The molecule has 25 heavy (non-hydrogen) atoms. The van der Waals surface area contributed by atoms with Gasteiger partial charge in [-0.05, 0) is 18.8 Å². The Morgan fingerprint density at radius 1 is 1.24 bits per heavy atom. The Balaban J connectivity index is -0.00000242. The molecule has 1 N–H and O–H groups in total. The molecule has 0 aromatic rings. The van der Waals surface area contributed by atoms with Crippen LogP contribution in [0.25, 0.3) is 0 Å². The maximum Gasteiger partial charge on any atom is 1.00 e. The Labute approximate surface area is 235 Å². The maximum absolute atomic E-state index is 11.7. The van der Waals surface area contributed by atoms with E-state index < -0.39 is 39.1 Å². The van der Waals surface area contributed by atoms with Gasteiger partial charge in [0.1, 0.15) is 4.75 Å². The summed E-state index contributed by atoms with van der Waals surface area (Å²) in [5, 5.41) is 23.0. The molecule has 0 aliphatic heterocycles. The molecular weight excluding hydrogens is 402 g/mol. The Morgan fingerprint density at radius 2 is 1.76 bits per heavy atom. The molecule has 0 aromatic heterocycles. The van der Waals surface area contributed by atoms with Crippen LogP contribution >= 0.6 is 0 Å². The Kier molecular flexibility index (Phi) is 18.7. The molecule has 0 aliphatic carbocycles. The summed E-state index contributed by atoms with van der Waals surface area (Å²) >= 11 is 0. The summed E-state index contributed by atoms with van der Waals surface area (Å²) in [6.45, 7) is 7.00. The first-order valence-electron chi connectivity index (χ1n) is 7.58.